The molecule has 1 fully saturated rings. The maximum Gasteiger partial charge on any atom is 0.243 e. The van der Waals surface area contributed by atoms with Gasteiger partial charge in [-0.1, -0.05) is 30.3 Å². The molecule has 146 valence electrons. The minimum atomic E-state index is -3.75. The minimum Gasteiger partial charge on any atom is -0.493 e. The first-order valence-electron chi connectivity index (χ1n) is 8.71. The number of rotatable bonds is 5. The second kappa shape index (κ2) is 7.50. The summed E-state index contributed by atoms with van der Waals surface area (Å²) in [5.41, 5.74) is 0.289. The molecule has 2 aromatic carbocycles. The second-order valence-electron chi connectivity index (χ2n) is 7.08. The zero-order valence-corrected chi connectivity index (χ0v) is 16.8. The van der Waals surface area contributed by atoms with Crippen LogP contribution in [-0.2, 0) is 14.8 Å². The average Bonchev–Trinajstić information content (AvgIpc) is 2.67. The Bertz CT molecular complexity index is 896. The van der Waals surface area contributed by atoms with Gasteiger partial charge in [0.05, 0.1) is 37.4 Å². The van der Waals surface area contributed by atoms with Crippen molar-refractivity contribution in [1.29, 1.82) is 0 Å². The SMILES string of the molecule is COc1ccc(S(=O)(=O)N2CC(c3ccccc3)OCC2(C)C)cc1OC. The first-order valence-corrected chi connectivity index (χ1v) is 10.1. The number of methoxy groups -OCH3 is 2. The van der Waals surface area contributed by atoms with Crippen molar-refractivity contribution in [1.82, 2.24) is 4.31 Å². The lowest BCUT2D eigenvalue weighted by molar-refractivity contribution is -0.0655. The average molecular weight is 391 g/mol. The standard InChI is InChI=1S/C20H25NO5S/c1-20(2)14-26-19(15-8-6-5-7-9-15)13-21(20)27(22,23)16-10-11-17(24-3)18(12-16)25-4/h5-12,19H,13-14H2,1-4H3. The van der Waals surface area contributed by atoms with E-state index < -0.39 is 15.6 Å². The summed E-state index contributed by atoms with van der Waals surface area (Å²) in [7, 11) is -0.750. The largest absolute Gasteiger partial charge is 0.493 e. The van der Waals surface area contributed by atoms with Crippen LogP contribution in [0.4, 0.5) is 0 Å². The Morgan fingerprint density at radius 3 is 2.33 bits per heavy atom. The smallest absolute Gasteiger partial charge is 0.243 e. The number of hydrogen-bond acceptors (Lipinski definition) is 5. The Kier molecular flexibility index (Phi) is 5.46. The normalized spacial score (nSPS) is 20.2. The summed E-state index contributed by atoms with van der Waals surface area (Å²) in [5.74, 6) is 0.865. The lowest BCUT2D eigenvalue weighted by Gasteiger charge is -2.44. The van der Waals surface area contributed by atoms with Crippen molar-refractivity contribution >= 4 is 10.0 Å². The molecule has 0 aromatic heterocycles. The van der Waals surface area contributed by atoms with Gasteiger partial charge in [-0.15, -0.1) is 0 Å². The molecule has 0 N–H and O–H groups in total. The summed E-state index contributed by atoms with van der Waals surface area (Å²) >= 11 is 0. The van der Waals surface area contributed by atoms with E-state index in [-0.39, 0.29) is 17.5 Å². The predicted molar refractivity (Wildman–Crippen MR) is 103 cm³/mol. The van der Waals surface area contributed by atoms with E-state index in [2.05, 4.69) is 0 Å². The van der Waals surface area contributed by atoms with E-state index in [1.54, 1.807) is 12.1 Å². The van der Waals surface area contributed by atoms with Gasteiger partial charge in [0.2, 0.25) is 10.0 Å². The molecular weight excluding hydrogens is 366 g/mol. The quantitative estimate of drug-likeness (QED) is 0.783. The molecule has 3 rings (SSSR count). The lowest BCUT2D eigenvalue weighted by atomic mass is 10.0. The highest BCUT2D eigenvalue weighted by molar-refractivity contribution is 7.89. The molecule has 1 unspecified atom stereocenters. The van der Waals surface area contributed by atoms with E-state index in [9.17, 15) is 8.42 Å². The molecule has 27 heavy (non-hydrogen) atoms. The summed E-state index contributed by atoms with van der Waals surface area (Å²) in [6, 6.07) is 14.3. The van der Waals surface area contributed by atoms with Crippen LogP contribution >= 0.6 is 0 Å². The highest BCUT2D eigenvalue weighted by Gasteiger charge is 2.43. The van der Waals surface area contributed by atoms with Crippen LogP contribution < -0.4 is 9.47 Å². The van der Waals surface area contributed by atoms with Crippen LogP contribution in [0, 0.1) is 0 Å². The van der Waals surface area contributed by atoms with Gasteiger partial charge in [-0.3, -0.25) is 0 Å². The van der Waals surface area contributed by atoms with Gasteiger partial charge < -0.3 is 14.2 Å². The van der Waals surface area contributed by atoms with Crippen LogP contribution in [0.25, 0.3) is 0 Å². The van der Waals surface area contributed by atoms with Gasteiger partial charge in [0, 0.05) is 12.6 Å². The fourth-order valence-electron chi connectivity index (χ4n) is 3.22. The van der Waals surface area contributed by atoms with Gasteiger partial charge in [0.25, 0.3) is 0 Å². The Hall–Kier alpha value is -2.09. The van der Waals surface area contributed by atoms with Crippen molar-refractivity contribution < 1.29 is 22.6 Å². The number of morpholine rings is 1. The molecule has 7 heteroatoms. The van der Waals surface area contributed by atoms with Crippen molar-refractivity contribution in [2.24, 2.45) is 0 Å². The first kappa shape index (κ1) is 19.7. The van der Waals surface area contributed by atoms with Crippen molar-refractivity contribution in [3.05, 3.63) is 54.1 Å². The summed E-state index contributed by atoms with van der Waals surface area (Å²) < 4.78 is 44.8. The van der Waals surface area contributed by atoms with Crippen molar-refractivity contribution in [2.75, 3.05) is 27.4 Å². The van der Waals surface area contributed by atoms with Crippen LogP contribution in [0.5, 0.6) is 11.5 Å². The van der Waals surface area contributed by atoms with Crippen molar-refractivity contribution in [2.45, 2.75) is 30.4 Å². The molecule has 1 aliphatic rings. The maximum atomic E-state index is 13.4. The van der Waals surface area contributed by atoms with E-state index in [1.807, 2.05) is 44.2 Å². The highest BCUT2D eigenvalue weighted by atomic mass is 32.2. The molecule has 2 aromatic rings. The fraction of sp³-hybridized carbons (Fsp3) is 0.400. The third-order valence-corrected chi connectivity index (χ3v) is 6.83. The molecule has 0 saturated carbocycles. The van der Waals surface area contributed by atoms with Gasteiger partial charge in [-0.05, 0) is 31.5 Å². The van der Waals surface area contributed by atoms with E-state index >= 15 is 0 Å². The Morgan fingerprint density at radius 1 is 1.04 bits per heavy atom. The van der Waals surface area contributed by atoms with Crippen LogP contribution in [0.2, 0.25) is 0 Å². The van der Waals surface area contributed by atoms with Gasteiger partial charge in [-0.25, -0.2) is 8.42 Å². The van der Waals surface area contributed by atoms with E-state index in [4.69, 9.17) is 14.2 Å². The Balaban J connectivity index is 1.98. The number of benzene rings is 2. The topological polar surface area (TPSA) is 65.1 Å². The predicted octanol–water partition coefficient (Wildman–Crippen LogP) is 3.24. The van der Waals surface area contributed by atoms with Gasteiger partial charge >= 0.3 is 0 Å². The molecule has 1 aliphatic heterocycles. The molecular formula is C20H25NO5S. The molecule has 6 nitrogen and oxygen atoms in total. The highest BCUT2D eigenvalue weighted by Crippen LogP contribution is 2.37. The monoisotopic (exact) mass is 391 g/mol. The molecule has 1 saturated heterocycles. The van der Waals surface area contributed by atoms with E-state index in [1.165, 1.54) is 24.6 Å². The molecule has 1 atom stereocenters. The van der Waals surface area contributed by atoms with Gasteiger partial charge in [0.1, 0.15) is 0 Å². The fourth-order valence-corrected chi connectivity index (χ4v) is 5.01. The van der Waals surface area contributed by atoms with Crippen molar-refractivity contribution in [3.63, 3.8) is 0 Å². The number of ether oxygens (including phenoxy) is 3. The molecule has 0 amide bonds. The number of hydrogen-bond donors (Lipinski definition) is 0. The number of nitrogens with zero attached hydrogens (tertiary/aromatic N) is 1. The van der Waals surface area contributed by atoms with Crippen LogP contribution in [0.15, 0.2) is 53.4 Å². The summed E-state index contributed by atoms with van der Waals surface area (Å²) in [6.07, 6.45) is -0.311. The van der Waals surface area contributed by atoms with Crippen LogP contribution in [-0.4, -0.2) is 45.6 Å². The lowest BCUT2D eigenvalue weighted by Crippen LogP contribution is -2.56. The summed E-state index contributed by atoms with van der Waals surface area (Å²) in [4.78, 5) is 0.168. The third-order valence-electron chi connectivity index (χ3n) is 4.76. The molecule has 0 radical (unpaired) electrons. The zero-order valence-electron chi connectivity index (χ0n) is 16.0. The van der Waals surface area contributed by atoms with E-state index in [0.717, 1.165) is 5.56 Å². The number of sulfonamides is 1. The summed E-state index contributed by atoms with van der Waals surface area (Å²) in [5, 5.41) is 0. The second-order valence-corrected chi connectivity index (χ2v) is 8.94. The Labute approximate surface area is 160 Å². The van der Waals surface area contributed by atoms with Gasteiger partial charge in [0.15, 0.2) is 11.5 Å². The molecule has 1 heterocycles. The molecule has 0 aliphatic carbocycles. The van der Waals surface area contributed by atoms with Crippen LogP contribution in [0.3, 0.4) is 0 Å². The van der Waals surface area contributed by atoms with Gasteiger partial charge in [-0.2, -0.15) is 4.31 Å². The zero-order chi connectivity index (χ0) is 19.7. The molecule has 0 spiro atoms. The maximum absolute atomic E-state index is 13.4. The summed E-state index contributed by atoms with van der Waals surface area (Å²) in [6.45, 7) is 4.28. The van der Waals surface area contributed by atoms with Crippen LogP contribution in [0.1, 0.15) is 25.5 Å². The molecule has 0 bridgehead atoms. The minimum absolute atomic E-state index is 0.168. The third kappa shape index (κ3) is 3.81. The van der Waals surface area contributed by atoms with Crippen molar-refractivity contribution in [3.8, 4) is 11.5 Å². The Morgan fingerprint density at radius 2 is 1.70 bits per heavy atom. The van der Waals surface area contributed by atoms with E-state index in [0.29, 0.717) is 18.1 Å². The first-order chi connectivity index (χ1) is 12.8.